The van der Waals surface area contributed by atoms with E-state index >= 15 is 0 Å². The van der Waals surface area contributed by atoms with E-state index in [2.05, 4.69) is 0 Å². The van der Waals surface area contributed by atoms with Crippen LogP contribution in [0.15, 0.2) is 18.2 Å². The van der Waals surface area contributed by atoms with Crippen LogP contribution in [0.3, 0.4) is 0 Å². The van der Waals surface area contributed by atoms with Crippen molar-refractivity contribution < 1.29 is 24.2 Å². The Kier molecular flexibility index (Phi) is 5.16. The van der Waals surface area contributed by atoms with Crippen LogP contribution in [0.5, 0.6) is 5.75 Å². The highest BCUT2D eigenvalue weighted by molar-refractivity contribution is 5.97. The number of nitrogens with zero attached hydrogens (tertiary/aromatic N) is 1. The number of hydrogen-bond acceptors (Lipinski definition) is 5. The molecule has 0 aromatic heterocycles. The number of benzene rings is 1. The molecule has 6 nitrogen and oxygen atoms in total. The molecule has 0 spiro atoms. The lowest BCUT2D eigenvalue weighted by Crippen LogP contribution is -2.41. The van der Waals surface area contributed by atoms with Gasteiger partial charge in [0.1, 0.15) is 19.0 Å². The van der Waals surface area contributed by atoms with Gasteiger partial charge in [0.25, 0.3) is 0 Å². The number of hydrogen-bond donors (Lipinski definition) is 1. The minimum Gasteiger partial charge on any atom is -0.491 e. The Bertz CT molecular complexity index is 624. The zero-order valence-corrected chi connectivity index (χ0v) is 13.9. The number of rotatable bonds is 3. The molecule has 2 aliphatic rings. The number of ether oxygens (including phenoxy) is 2. The van der Waals surface area contributed by atoms with Crippen molar-refractivity contribution in [2.45, 2.75) is 25.8 Å². The SMILES string of the molecule is CC1c2cc(C(=O)CO)ccc2OCCN1C(=O)C1CCCOC1. The minimum absolute atomic E-state index is 0.0811. The van der Waals surface area contributed by atoms with Crippen molar-refractivity contribution in [2.24, 2.45) is 5.92 Å². The van der Waals surface area contributed by atoms with Crippen molar-refractivity contribution in [3.05, 3.63) is 29.3 Å². The highest BCUT2D eigenvalue weighted by Gasteiger charge is 2.32. The standard InChI is InChI=1S/C18H23NO5/c1-12-15-9-13(16(21)10-20)4-5-17(15)24-8-6-19(12)18(22)14-3-2-7-23-11-14/h4-5,9,12,14,20H,2-3,6-8,10-11H2,1H3. The smallest absolute Gasteiger partial charge is 0.228 e. The largest absolute Gasteiger partial charge is 0.491 e. The van der Waals surface area contributed by atoms with Gasteiger partial charge in [0.15, 0.2) is 5.78 Å². The maximum absolute atomic E-state index is 12.9. The molecule has 2 atom stereocenters. The Morgan fingerprint density at radius 3 is 2.88 bits per heavy atom. The molecule has 1 aromatic carbocycles. The van der Waals surface area contributed by atoms with E-state index in [1.807, 2.05) is 11.8 Å². The van der Waals surface area contributed by atoms with E-state index in [1.165, 1.54) is 0 Å². The Hall–Kier alpha value is -1.92. The number of carbonyl (C=O) groups is 2. The van der Waals surface area contributed by atoms with Crippen molar-refractivity contribution in [2.75, 3.05) is 33.0 Å². The highest BCUT2D eigenvalue weighted by atomic mass is 16.5. The average molecular weight is 333 g/mol. The quantitative estimate of drug-likeness (QED) is 0.850. The lowest BCUT2D eigenvalue weighted by molar-refractivity contribution is -0.142. The summed E-state index contributed by atoms with van der Waals surface area (Å²) in [6.07, 6.45) is 1.75. The topological polar surface area (TPSA) is 76.1 Å². The van der Waals surface area contributed by atoms with Gasteiger partial charge in [-0.05, 0) is 38.0 Å². The second-order valence-electron chi connectivity index (χ2n) is 6.30. The Balaban J connectivity index is 1.87. The fraction of sp³-hybridized carbons (Fsp3) is 0.556. The van der Waals surface area contributed by atoms with E-state index in [1.54, 1.807) is 18.2 Å². The molecule has 1 saturated heterocycles. The Morgan fingerprint density at radius 2 is 2.17 bits per heavy atom. The van der Waals surface area contributed by atoms with Crippen molar-refractivity contribution >= 4 is 11.7 Å². The molecule has 6 heteroatoms. The molecule has 0 aliphatic carbocycles. The number of fused-ring (bicyclic) bond motifs is 1. The van der Waals surface area contributed by atoms with Crippen LogP contribution in [0.25, 0.3) is 0 Å². The van der Waals surface area contributed by atoms with Gasteiger partial charge in [-0.15, -0.1) is 0 Å². The van der Waals surface area contributed by atoms with E-state index in [-0.39, 0.29) is 23.7 Å². The van der Waals surface area contributed by atoms with Gasteiger partial charge in [0.05, 0.1) is 25.1 Å². The molecule has 1 aromatic rings. The number of Topliss-reactive ketones (excluding diaryl/α,β-unsaturated/α-hetero) is 1. The second-order valence-corrected chi connectivity index (χ2v) is 6.30. The van der Waals surface area contributed by atoms with Crippen molar-refractivity contribution in [3.8, 4) is 5.75 Å². The van der Waals surface area contributed by atoms with Crippen LogP contribution in [0.4, 0.5) is 0 Å². The Morgan fingerprint density at radius 1 is 1.33 bits per heavy atom. The van der Waals surface area contributed by atoms with Gasteiger partial charge in [-0.2, -0.15) is 0 Å². The van der Waals surface area contributed by atoms with Crippen LogP contribution >= 0.6 is 0 Å². The fourth-order valence-corrected chi connectivity index (χ4v) is 3.36. The summed E-state index contributed by atoms with van der Waals surface area (Å²) in [5, 5.41) is 9.06. The van der Waals surface area contributed by atoms with Gasteiger partial charge in [0.2, 0.25) is 5.91 Å². The van der Waals surface area contributed by atoms with Crippen molar-refractivity contribution in [1.29, 1.82) is 0 Å². The van der Waals surface area contributed by atoms with Gasteiger partial charge >= 0.3 is 0 Å². The molecule has 0 saturated carbocycles. The third kappa shape index (κ3) is 3.30. The number of aliphatic hydroxyl groups is 1. The van der Waals surface area contributed by atoms with Crippen LogP contribution in [0.1, 0.15) is 41.7 Å². The fourth-order valence-electron chi connectivity index (χ4n) is 3.36. The summed E-state index contributed by atoms with van der Waals surface area (Å²) in [4.78, 5) is 26.5. The molecular formula is C18H23NO5. The molecule has 3 rings (SSSR count). The minimum atomic E-state index is -0.532. The molecule has 1 fully saturated rings. The predicted molar refractivity (Wildman–Crippen MR) is 87.0 cm³/mol. The van der Waals surface area contributed by atoms with Gasteiger partial charge < -0.3 is 19.5 Å². The maximum atomic E-state index is 12.9. The van der Waals surface area contributed by atoms with Gasteiger partial charge in [-0.25, -0.2) is 0 Å². The summed E-state index contributed by atoms with van der Waals surface area (Å²) in [7, 11) is 0. The van der Waals surface area contributed by atoms with Crippen molar-refractivity contribution in [1.82, 2.24) is 4.90 Å². The van der Waals surface area contributed by atoms with E-state index in [0.29, 0.717) is 31.1 Å². The summed E-state index contributed by atoms with van der Waals surface area (Å²) in [5.41, 5.74) is 1.24. The van der Waals surface area contributed by atoms with Gasteiger partial charge in [-0.3, -0.25) is 9.59 Å². The third-order valence-corrected chi connectivity index (χ3v) is 4.78. The lowest BCUT2D eigenvalue weighted by Gasteiger charge is -2.32. The highest BCUT2D eigenvalue weighted by Crippen LogP contribution is 2.34. The first-order valence-electron chi connectivity index (χ1n) is 8.41. The predicted octanol–water partition coefficient (Wildman–Crippen LogP) is 1.57. The van der Waals surface area contributed by atoms with Crippen LogP contribution in [-0.2, 0) is 9.53 Å². The van der Waals surface area contributed by atoms with E-state index in [4.69, 9.17) is 14.6 Å². The summed E-state index contributed by atoms with van der Waals surface area (Å²) in [6.45, 7) is 3.54. The maximum Gasteiger partial charge on any atom is 0.228 e. The molecule has 1 N–H and O–H groups in total. The molecular weight excluding hydrogens is 310 g/mol. The lowest BCUT2D eigenvalue weighted by atomic mass is 9.97. The van der Waals surface area contributed by atoms with Crippen LogP contribution in [0.2, 0.25) is 0 Å². The van der Waals surface area contributed by atoms with E-state index in [0.717, 1.165) is 25.0 Å². The summed E-state index contributed by atoms with van der Waals surface area (Å²) < 4.78 is 11.2. The number of amides is 1. The molecule has 0 bridgehead atoms. The summed E-state index contributed by atoms with van der Waals surface area (Å²) >= 11 is 0. The average Bonchev–Trinajstić information content (AvgIpc) is 2.80. The zero-order chi connectivity index (χ0) is 17.1. The van der Waals surface area contributed by atoms with E-state index in [9.17, 15) is 9.59 Å². The number of aliphatic hydroxyl groups excluding tert-OH is 1. The first-order valence-corrected chi connectivity index (χ1v) is 8.41. The number of carbonyl (C=O) groups excluding carboxylic acids is 2. The van der Waals surface area contributed by atoms with Gasteiger partial charge in [-0.1, -0.05) is 0 Å². The van der Waals surface area contributed by atoms with Crippen molar-refractivity contribution in [3.63, 3.8) is 0 Å². The molecule has 2 unspecified atom stereocenters. The summed E-state index contributed by atoms with van der Waals surface area (Å²) in [6, 6.07) is 4.92. The van der Waals surface area contributed by atoms with Crippen LogP contribution in [-0.4, -0.2) is 54.7 Å². The van der Waals surface area contributed by atoms with E-state index < -0.39 is 6.61 Å². The van der Waals surface area contributed by atoms with Crippen LogP contribution < -0.4 is 4.74 Å². The molecule has 2 heterocycles. The normalized spacial score (nSPS) is 23.8. The molecule has 1 amide bonds. The number of ketones is 1. The first-order chi connectivity index (χ1) is 11.6. The molecule has 2 aliphatic heterocycles. The van der Waals surface area contributed by atoms with Gasteiger partial charge in [0, 0.05) is 17.7 Å². The second kappa shape index (κ2) is 7.32. The third-order valence-electron chi connectivity index (χ3n) is 4.78. The summed E-state index contributed by atoms with van der Waals surface area (Å²) in [5.74, 6) is 0.322. The molecule has 0 radical (unpaired) electrons. The first kappa shape index (κ1) is 16.9. The molecule has 24 heavy (non-hydrogen) atoms. The Labute approximate surface area is 141 Å². The monoisotopic (exact) mass is 333 g/mol. The zero-order valence-electron chi connectivity index (χ0n) is 13.9. The van der Waals surface area contributed by atoms with Crippen LogP contribution in [0, 0.1) is 5.92 Å². The molecule has 130 valence electrons.